The van der Waals surface area contributed by atoms with Crippen molar-refractivity contribution >= 4 is 17.5 Å². The smallest absolute Gasteiger partial charge is 0.356 e. The maximum Gasteiger partial charge on any atom is 0.356 e. The van der Waals surface area contributed by atoms with E-state index in [4.69, 9.17) is 0 Å². The molecule has 1 aliphatic rings. The second-order valence-electron chi connectivity index (χ2n) is 4.73. The monoisotopic (exact) mass is 265 g/mol. The van der Waals surface area contributed by atoms with Gasteiger partial charge in [0.1, 0.15) is 0 Å². The number of nitrogens with one attached hydrogen (secondary N) is 1. The predicted octanol–water partition coefficient (Wildman–Crippen LogP) is 1.99. The molecule has 0 spiro atoms. The highest BCUT2D eigenvalue weighted by atomic mass is 16.6. The van der Waals surface area contributed by atoms with Crippen molar-refractivity contribution in [3.05, 3.63) is 27.9 Å². The van der Waals surface area contributed by atoms with E-state index in [1.807, 2.05) is 0 Å². The van der Waals surface area contributed by atoms with Gasteiger partial charge in [-0.05, 0) is 24.8 Å². The number of anilines is 1. The number of hydrogen-bond donors (Lipinski definition) is 1. The summed E-state index contributed by atoms with van der Waals surface area (Å²) in [6, 6.07) is 2.73. The summed E-state index contributed by atoms with van der Waals surface area (Å²) in [6.45, 7) is 2.12. The van der Waals surface area contributed by atoms with Gasteiger partial charge in [0.25, 0.3) is 0 Å². The van der Waals surface area contributed by atoms with E-state index in [2.05, 4.69) is 22.0 Å². The summed E-state index contributed by atoms with van der Waals surface area (Å²) in [5.74, 6) is 0.130. The summed E-state index contributed by atoms with van der Waals surface area (Å²) in [7, 11) is 1.24. The van der Waals surface area contributed by atoms with E-state index in [9.17, 15) is 14.9 Å². The van der Waals surface area contributed by atoms with Gasteiger partial charge < -0.3 is 10.1 Å². The minimum atomic E-state index is -0.611. The molecule has 1 fully saturated rings. The van der Waals surface area contributed by atoms with Gasteiger partial charge in [-0.1, -0.05) is 6.92 Å². The van der Waals surface area contributed by atoms with Crippen molar-refractivity contribution in [3.63, 3.8) is 0 Å². The van der Waals surface area contributed by atoms with E-state index in [1.165, 1.54) is 19.2 Å². The van der Waals surface area contributed by atoms with Crippen LogP contribution in [0, 0.1) is 16.0 Å². The molecule has 1 heterocycles. The van der Waals surface area contributed by atoms with E-state index < -0.39 is 10.9 Å². The maximum atomic E-state index is 11.4. The first-order valence-electron chi connectivity index (χ1n) is 6.01. The highest BCUT2D eigenvalue weighted by Crippen LogP contribution is 2.32. The van der Waals surface area contributed by atoms with Crippen LogP contribution in [-0.4, -0.2) is 29.0 Å². The van der Waals surface area contributed by atoms with Gasteiger partial charge in [0.05, 0.1) is 12.0 Å². The molecule has 0 radical (unpaired) electrons. The van der Waals surface area contributed by atoms with Crippen molar-refractivity contribution in [1.29, 1.82) is 0 Å². The first-order valence-corrected chi connectivity index (χ1v) is 6.01. The van der Waals surface area contributed by atoms with Gasteiger partial charge in [-0.3, -0.25) is 10.1 Å². The van der Waals surface area contributed by atoms with Crippen molar-refractivity contribution in [2.75, 3.05) is 12.4 Å². The van der Waals surface area contributed by atoms with Gasteiger partial charge >= 0.3 is 11.7 Å². The van der Waals surface area contributed by atoms with Crippen LogP contribution in [0.5, 0.6) is 0 Å². The maximum absolute atomic E-state index is 11.4. The second-order valence-corrected chi connectivity index (χ2v) is 4.73. The third-order valence-electron chi connectivity index (χ3n) is 3.18. The molecule has 1 aromatic heterocycles. The zero-order valence-electron chi connectivity index (χ0n) is 10.8. The Morgan fingerprint density at radius 2 is 2.21 bits per heavy atom. The van der Waals surface area contributed by atoms with Crippen molar-refractivity contribution < 1.29 is 14.5 Å². The zero-order valence-corrected chi connectivity index (χ0v) is 10.8. The Morgan fingerprint density at radius 3 is 2.74 bits per heavy atom. The lowest BCUT2D eigenvalue weighted by molar-refractivity contribution is -0.384. The van der Waals surface area contributed by atoms with Crippen LogP contribution in [0.3, 0.4) is 0 Å². The van der Waals surface area contributed by atoms with Crippen molar-refractivity contribution in [2.45, 2.75) is 25.8 Å². The van der Waals surface area contributed by atoms with Gasteiger partial charge in [0.2, 0.25) is 5.82 Å². The molecular weight excluding hydrogens is 250 g/mol. The molecule has 7 nitrogen and oxygen atoms in total. The van der Waals surface area contributed by atoms with Crippen LogP contribution in [0.25, 0.3) is 0 Å². The Morgan fingerprint density at radius 1 is 1.53 bits per heavy atom. The fourth-order valence-corrected chi connectivity index (χ4v) is 2.14. The van der Waals surface area contributed by atoms with Crippen molar-refractivity contribution in [2.24, 2.45) is 5.92 Å². The Labute approximate surface area is 110 Å². The zero-order chi connectivity index (χ0) is 14.0. The number of carbonyl (C=O) groups is 1. The molecule has 0 amide bonds. The number of nitro groups is 1. The molecule has 0 atom stereocenters. The molecule has 1 saturated carbocycles. The summed E-state index contributed by atoms with van der Waals surface area (Å²) < 4.78 is 4.55. The molecule has 102 valence electrons. The number of rotatable bonds is 4. The first-order chi connectivity index (χ1) is 9.01. The van der Waals surface area contributed by atoms with Gasteiger partial charge in [-0.25, -0.2) is 9.78 Å². The van der Waals surface area contributed by atoms with Gasteiger partial charge in [0, 0.05) is 12.1 Å². The van der Waals surface area contributed by atoms with E-state index in [1.54, 1.807) is 0 Å². The normalized spacial score (nSPS) is 21.4. The minimum Gasteiger partial charge on any atom is -0.464 e. The summed E-state index contributed by atoms with van der Waals surface area (Å²) in [4.78, 5) is 25.8. The predicted molar refractivity (Wildman–Crippen MR) is 68.0 cm³/mol. The van der Waals surface area contributed by atoms with Crippen LogP contribution < -0.4 is 5.32 Å². The number of hydrogen-bond acceptors (Lipinski definition) is 6. The molecule has 0 unspecified atom stereocenters. The van der Waals surface area contributed by atoms with Crippen LogP contribution in [0.2, 0.25) is 0 Å². The van der Waals surface area contributed by atoms with E-state index in [-0.39, 0.29) is 23.2 Å². The van der Waals surface area contributed by atoms with Crippen LogP contribution in [0.15, 0.2) is 12.1 Å². The number of methoxy groups -OCH3 is 1. The fourth-order valence-electron chi connectivity index (χ4n) is 2.14. The summed E-state index contributed by atoms with van der Waals surface area (Å²) in [6.07, 6.45) is 1.89. The number of aromatic nitrogens is 1. The molecule has 1 aromatic rings. The van der Waals surface area contributed by atoms with E-state index in [0.29, 0.717) is 5.92 Å². The highest BCUT2D eigenvalue weighted by Gasteiger charge is 2.28. The second kappa shape index (κ2) is 5.21. The topological polar surface area (TPSA) is 94.4 Å². The lowest BCUT2D eigenvalue weighted by Gasteiger charge is -2.33. The SMILES string of the molecule is COC(=O)c1ccc([N+](=O)[O-])c(NC2CC(C)C2)n1. The number of ether oxygens (including phenoxy) is 1. The molecule has 0 saturated heterocycles. The highest BCUT2D eigenvalue weighted by molar-refractivity contribution is 5.88. The Balaban J connectivity index is 2.25. The summed E-state index contributed by atoms with van der Waals surface area (Å²) >= 11 is 0. The quantitative estimate of drug-likeness (QED) is 0.508. The Kier molecular flexibility index (Phi) is 3.64. The Hall–Kier alpha value is -2.18. The standard InChI is InChI=1S/C12H15N3O4/c1-7-5-8(6-7)13-11-10(15(17)18)4-3-9(14-11)12(16)19-2/h3-4,7-8H,5-6H2,1-2H3,(H,13,14). The van der Waals surface area contributed by atoms with Crippen molar-refractivity contribution in [1.82, 2.24) is 4.98 Å². The molecule has 7 heteroatoms. The van der Waals surface area contributed by atoms with Crippen LogP contribution in [0.1, 0.15) is 30.3 Å². The third kappa shape index (κ3) is 2.81. The van der Waals surface area contributed by atoms with Gasteiger partial charge in [-0.2, -0.15) is 0 Å². The molecule has 1 N–H and O–H groups in total. The number of pyridine rings is 1. The summed E-state index contributed by atoms with van der Waals surface area (Å²) in [5, 5.41) is 14.0. The largest absolute Gasteiger partial charge is 0.464 e. The Bertz CT molecular complexity index is 512. The molecule has 2 rings (SSSR count). The van der Waals surface area contributed by atoms with Gasteiger partial charge in [-0.15, -0.1) is 0 Å². The van der Waals surface area contributed by atoms with Crippen LogP contribution in [0.4, 0.5) is 11.5 Å². The lowest BCUT2D eigenvalue weighted by atomic mass is 9.82. The van der Waals surface area contributed by atoms with Crippen molar-refractivity contribution in [3.8, 4) is 0 Å². The lowest BCUT2D eigenvalue weighted by Crippen LogP contribution is -2.34. The van der Waals surface area contributed by atoms with E-state index >= 15 is 0 Å². The van der Waals surface area contributed by atoms with Crippen LogP contribution >= 0.6 is 0 Å². The number of nitrogens with zero attached hydrogens (tertiary/aromatic N) is 2. The minimum absolute atomic E-state index is 0.0583. The average Bonchev–Trinajstić information content (AvgIpc) is 2.35. The number of carbonyl (C=O) groups excluding carboxylic acids is 1. The molecular formula is C12H15N3O4. The molecule has 19 heavy (non-hydrogen) atoms. The molecule has 0 aliphatic heterocycles. The number of esters is 1. The molecule has 1 aliphatic carbocycles. The molecule has 0 aromatic carbocycles. The van der Waals surface area contributed by atoms with E-state index in [0.717, 1.165) is 12.8 Å². The molecule has 0 bridgehead atoms. The fraction of sp³-hybridized carbons (Fsp3) is 0.500. The summed E-state index contributed by atoms with van der Waals surface area (Å²) in [5.41, 5.74) is -0.0739. The first kappa shape index (κ1) is 13.3. The van der Waals surface area contributed by atoms with Crippen LogP contribution in [-0.2, 0) is 4.74 Å². The van der Waals surface area contributed by atoms with Gasteiger partial charge in [0.15, 0.2) is 5.69 Å². The average molecular weight is 265 g/mol. The third-order valence-corrected chi connectivity index (χ3v) is 3.18.